The van der Waals surface area contributed by atoms with E-state index in [-0.39, 0.29) is 17.4 Å². The topological polar surface area (TPSA) is 53.7 Å². The summed E-state index contributed by atoms with van der Waals surface area (Å²) in [5.74, 6) is -0.102. The molecule has 1 rings (SSSR count). The molecule has 7 heteroatoms. The predicted molar refractivity (Wildman–Crippen MR) is 71.2 cm³/mol. The fraction of sp³-hybridized carbons (Fsp3) is 0.545. The van der Waals surface area contributed by atoms with Gasteiger partial charge in [0.1, 0.15) is 5.76 Å². The molecule has 1 atom stereocenters. The number of rotatable bonds is 4. The molecule has 0 aliphatic carbocycles. The number of carbonyl (C=O) groups excluding carboxylic acids is 1. The molecule has 1 N–H and O–H groups in total. The van der Waals surface area contributed by atoms with E-state index in [1.54, 1.807) is 4.90 Å². The highest BCUT2D eigenvalue weighted by Crippen LogP contribution is 2.40. The van der Waals surface area contributed by atoms with Gasteiger partial charge in [0, 0.05) is 13.1 Å². The summed E-state index contributed by atoms with van der Waals surface area (Å²) >= 11 is 16.6. The van der Waals surface area contributed by atoms with Crippen molar-refractivity contribution in [3.8, 4) is 0 Å². The number of halogens is 3. The van der Waals surface area contributed by atoms with Gasteiger partial charge in [-0.15, -0.1) is 0 Å². The lowest BCUT2D eigenvalue weighted by molar-refractivity contribution is 0.0730. The molecule has 4 nitrogen and oxygen atoms in total. The van der Waals surface area contributed by atoms with Crippen molar-refractivity contribution in [2.45, 2.75) is 23.7 Å². The fourth-order valence-corrected chi connectivity index (χ4v) is 1.77. The minimum absolute atomic E-state index is 0.0468. The Morgan fingerprint density at radius 2 is 1.94 bits per heavy atom. The maximum absolute atomic E-state index is 11.9. The van der Waals surface area contributed by atoms with E-state index in [1.807, 2.05) is 13.8 Å². The Hall–Kier alpha value is -0.420. The van der Waals surface area contributed by atoms with Gasteiger partial charge in [-0.1, -0.05) is 34.8 Å². The average molecular weight is 315 g/mol. The van der Waals surface area contributed by atoms with Crippen LogP contribution >= 0.6 is 34.8 Å². The van der Waals surface area contributed by atoms with Crippen LogP contribution in [0.4, 0.5) is 0 Å². The Labute approximate surface area is 120 Å². The number of furan rings is 1. The predicted octanol–water partition coefficient (Wildman–Crippen LogP) is 3.17. The molecule has 0 spiro atoms. The smallest absolute Gasteiger partial charge is 0.289 e. The Balaban J connectivity index is 2.90. The Bertz CT molecular complexity index is 410. The van der Waals surface area contributed by atoms with Gasteiger partial charge in [0.15, 0.2) is 11.9 Å². The second kappa shape index (κ2) is 6.15. The van der Waals surface area contributed by atoms with E-state index >= 15 is 0 Å². The summed E-state index contributed by atoms with van der Waals surface area (Å²) in [6, 6.07) is 2.87. The fourth-order valence-electron chi connectivity index (χ4n) is 1.44. The molecule has 1 aromatic rings. The van der Waals surface area contributed by atoms with Gasteiger partial charge in [0.25, 0.3) is 5.91 Å². The highest BCUT2D eigenvalue weighted by atomic mass is 35.6. The van der Waals surface area contributed by atoms with E-state index < -0.39 is 9.90 Å². The summed E-state index contributed by atoms with van der Waals surface area (Å²) in [4.78, 5) is 13.5. The zero-order valence-corrected chi connectivity index (χ0v) is 12.3. The summed E-state index contributed by atoms with van der Waals surface area (Å²) in [5.41, 5.74) is 0. The average Bonchev–Trinajstić information content (AvgIpc) is 2.77. The number of aliphatic hydroxyl groups is 1. The van der Waals surface area contributed by atoms with Gasteiger partial charge < -0.3 is 14.4 Å². The maximum atomic E-state index is 11.9. The van der Waals surface area contributed by atoms with Crippen LogP contribution < -0.4 is 0 Å². The highest BCUT2D eigenvalue weighted by Gasteiger charge is 2.35. The van der Waals surface area contributed by atoms with Gasteiger partial charge >= 0.3 is 0 Å². The molecule has 1 amide bonds. The summed E-state index contributed by atoms with van der Waals surface area (Å²) in [6.07, 6.45) is -1.42. The first-order valence-electron chi connectivity index (χ1n) is 5.45. The molecule has 1 heterocycles. The van der Waals surface area contributed by atoms with Crippen LogP contribution in [0.15, 0.2) is 16.5 Å². The molecule has 1 unspecified atom stereocenters. The number of amides is 1. The van der Waals surface area contributed by atoms with Crippen molar-refractivity contribution >= 4 is 40.7 Å². The summed E-state index contributed by atoms with van der Waals surface area (Å²) in [7, 11) is 0. The maximum Gasteiger partial charge on any atom is 0.289 e. The molecule has 0 aromatic carbocycles. The van der Waals surface area contributed by atoms with Gasteiger partial charge in [-0.05, 0) is 26.0 Å². The van der Waals surface area contributed by atoms with E-state index in [0.29, 0.717) is 13.1 Å². The second-order valence-corrected chi connectivity index (χ2v) is 5.99. The van der Waals surface area contributed by atoms with Crippen LogP contribution in [-0.4, -0.2) is 32.8 Å². The largest absolute Gasteiger partial charge is 0.453 e. The number of alkyl halides is 3. The monoisotopic (exact) mass is 313 g/mol. The molecule has 0 bridgehead atoms. The minimum Gasteiger partial charge on any atom is -0.453 e. The molecule has 18 heavy (non-hydrogen) atoms. The second-order valence-electron chi connectivity index (χ2n) is 3.62. The summed E-state index contributed by atoms with van der Waals surface area (Å²) in [5, 5.41) is 9.69. The number of hydrogen-bond acceptors (Lipinski definition) is 3. The quantitative estimate of drug-likeness (QED) is 0.869. The zero-order valence-electron chi connectivity index (χ0n) is 9.99. The molecule has 0 aliphatic heterocycles. The van der Waals surface area contributed by atoms with Gasteiger partial charge in [-0.2, -0.15) is 0 Å². The van der Waals surface area contributed by atoms with Crippen molar-refractivity contribution in [1.82, 2.24) is 4.90 Å². The molecule has 102 valence electrons. The minimum atomic E-state index is -1.90. The van der Waals surface area contributed by atoms with Gasteiger partial charge in [-0.25, -0.2) is 0 Å². The highest BCUT2D eigenvalue weighted by molar-refractivity contribution is 6.67. The molecular weight excluding hydrogens is 300 g/mol. The first-order valence-corrected chi connectivity index (χ1v) is 6.58. The first-order chi connectivity index (χ1) is 8.31. The molecule has 0 fully saturated rings. The summed E-state index contributed by atoms with van der Waals surface area (Å²) in [6.45, 7) is 4.86. The van der Waals surface area contributed by atoms with Crippen molar-refractivity contribution in [3.05, 3.63) is 23.7 Å². The molecule has 1 aromatic heterocycles. The van der Waals surface area contributed by atoms with Crippen LogP contribution in [0.5, 0.6) is 0 Å². The lowest BCUT2D eigenvalue weighted by atomic mass is 10.3. The van der Waals surface area contributed by atoms with Crippen molar-refractivity contribution < 1.29 is 14.3 Å². The van der Waals surface area contributed by atoms with Crippen molar-refractivity contribution in [2.24, 2.45) is 0 Å². The lowest BCUT2D eigenvalue weighted by Gasteiger charge is -2.18. The van der Waals surface area contributed by atoms with Crippen molar-refractivity contribution in [3.63, 3.8) is 0 Å². The van der Waals surface area contributed by atoms with Crippen molar-refractivity contribution in [1.29, 1.82) is 0 Å². The molecule has 0 saturated heterocycles. The van der Waals surface area contributed by atoms with Crippen molar-refractivity contribution in [2.75, 3.05) is 13.1 Å². The third kappa shape index (κ3) is 3.54. The van der Waals surface area contributed by atoms with Crippen LogP contribution in [-0.2, 0) is 0 Å². The van der Waals surface area contributed by atoms with E-state index in [1.165, 1.54) is 12.1 Å². The van der Waals surface area contributed by atoms with Crippen LogP contribution in [0.3, 0.4) is 0 Å². The SMILES string of the molecule is CCN(CC)C(=O)c1ccc(C(O)C(Cl)(Cl)Cl)o1. The number of aliphatic hydroxyl groups excluding tert-OH is 1. The van der Waals surface area contributed by atoms with E-state index in [2.05, 4.69) is 0 Å². The number of hydrogen-bond donors (Lipinski definition) is 1. The van der Waals surface area contributed by atoms with Crippen LogP contribution in [0.2, 0.25) is 0 Å². The first kappa shape index (κ1) is 15.6. The molecule has 0 aliphatic rings. The standard InChI is InChI=1S/C11H14Cl3NO3/c1-3-15(4-2)10(17)8-6-5-7(18-8)9(16)11(12,13)14/h5-6,9,16H,3-4H2,1-2H3. The zero-order chi connectivity index (χ0) is 13.9. The van der Waals surface area contributed by atoms with E-state index in [9.17, 15) is 9.90 Å². The van der Waals surface area contributed by atoms with Crippen LogP contribution in [0, 0.1) is 0 Å². The van der Waals surface area contributed by atoms with E-state index in [4.69, 9.17) is 39.2 Å². The number of carbonyl (C=O) groups is 1. The normalized spacial score (nSPS) is 13.4. The third-order valence-electron chi connectivity index (χ3n) is 2.47. The summed E-state index contributed by atoms with van der Waals surface area (Å²) < 4.78 is 3.33. The van der Waals surface area contributed by atoms with Gasteiger partial charge in [0.05, 0.1) is 0 Å². The molecular formula is C11H14Cl3NO3. The molecule has 0 radical (unpaired) electrons. The van der Waals surface area contributed by atoms with Crippen LogP contribution in [0.25, 0.3) is 0 Å². The van der Waals surface area contributed by atoms with Gasteiger partial charge in [0.2, 0.25) is 3.79 Å². The lowest BCUT2D eigenvalue weighted by Crippen LogP contribution is -2.30. The Morgan fingerprint density at radius 3 is 2.39 bits per heavy atom. The third-order valence-corrected chi connectivity index (χ3v) is 3.09. The Morgan fingerprint density at radius 1 is 1.39 bits per heavy atom. The van der Waals surface area contributed by atoms with E-state index in [0.717, 1.165) is 0 Å². The van der Waals surface area contributed by atoms with Crippen LogP contribution in [0.1, 0.15) is 36.3 Å². The van der Waals surface area contributed by atoms with Gasteiger partial charge in [-0.3, -0.25) is 4.79 Å². The number of nitrogens with zero attached hydrogens (tertiary/aromatic N) is 1. The Kier molecular flexibility index (Phi) is 5.34. The molecule has 0 saturated carbocycles.